The molecule has 3 N–H and O–H groups in total. The zero-order valence-corrected chi connectivity index (χ0v) is 13.5. The number of aromatic nitrogens is 1. The van der Waals surface area contributed by atoms with Gasteiger partial charge >= 0.3 is 0 Å². The van der Waals surface area contributed by atoms with Crippen molar-refractivity contribution in [2.75, 3.05) is 11.1 Å². The minimum absolute atomic E-state index is 0.694. The van der Waals surface area contributed by atoms with Gasteiger partial charge in [0.05, 0.1) is 11.2 Å². The lowest BCUT2D eigenvalue weighted by Crippen LogP contribution is -1.96. The van der Waals surface area contributed by atoms with Crippen LogP contribution in [-0.4, -0.2) is 4.98 Å². The molecule has 1 aromatic heterocycles. The quantitative estimate of drug-likeness (QED) is 0.649. The number of hydrogen-bond donors (Lipinski definition) is 2. The number of anilines is 3. The van der Waals surface area contributed by atoms with E-state index in [-0.39, 0.29) is 0 Å². The number of para-hydroxylation sites is 1. The summed E-state index contributed by atoms with van der Waals surface area (Å²) in [5, 5.41) is 4.49. The Kier molecular flexibility index (Phi) is 3.55. The molecular formula is C17H16BrN3. The van der Waals surface area contributed by atoms with Gasteiger partial charge in [-0.2, -0.15) is 0 Å². The number of hydrogen-bond acceptors (Lipinski definition) is 3. The Balaban J connectivity index is 2.08. The average Bonchev–Trinajstić information content (AvgIpc) is 2.46. The molecule has 0 atom stereocenters. The van der Waals surface area contributed by atoms with Gasteiger partial charge < -0.3 is 11.1 Å². The molecule has 0 aliphatic carbocycles. The normalized spacial score (nSPS) is 10.8. The molecular weight excluding hydrogens is 326 g/mol. The lowest BCUT2D eigenvalue weighted by atomic mass is 10.1. The van der Waals surface area contributed by atoms with Crippen molar-refractivity contribution in [1.82, 2.24) is 4.98 Å². The highest BCUT2D eigenvalue weighted by Gasteiger charge is 2.07. The van der Waals surface area contributed by atoms with Gasteiger partial charge in [-0.1, -0.05) is 28.1 Å². The van der Waals surface area contributed by atoms with Gasteiger partial charge in [0.2, 0.25) is 0 Å². The van der Waals surface area contributed by atoms with Gasteiger partial charge in [-0.3, -0.25) is 4.98 Å². The summed E-state index contributed by atoms with van der Waals surface area (Å²) >= 11 is 3.59. The molecule has 0 bridgehead atoms. The van der Waals surface area contributed by atoms with Gasteiger partial charge in [0, 0.05) is 27.4 Å². The lowest BCUT2D eigenvalue weighted by molar-refractivity contribution is 1.33. The fraction of sp³-hybridized carbons (Fsp3) is 0.118. The topological polar surface area (TPSA) is 50.9 Å². The van der Waals surface area contributed by atoms with E-state index in [0.717, 1.165) is 26.8 Å². The van der Waals surface area contributed by atoms with E-state index in [1.807, 2.05) is 24.3 Å². The minimum atomic E-state index is 0.694. The second-order valence-electron chi connectivity index (χ2n) is 5.15. The number of fused-ring (bicyclic) bond motifs is 1. The SMILES string of the molecule is Cc1cc(Nc2ccnc3c(N)cccc23)cc(C)c1Br. The number of benzene rings is 2. The molecule has 0 aliphatic heterocycles. The van der Waals surface area contributed by atoms with E-state index in [1.165, 1.54) is 11.1 Å². The molecule has 0 spiro atoms. The van der Waals surface area contributed by atoms with Gasteiger partial charge in [-0.05, 0) is 49.2 Å². The number of nitrogen functional groups attached to an aromatic ring is 1. The summed E-state index contributed by atoms with van der Waals surface area (Å²) in [5.74, 6) is 0. The predicted molar refractivity (Wildman–Crippen MR) is 93.1 cm³/mol. The van der Waals surface area contributed by atoms with Crippen LogP contribution in [0.15, 0.2) is 47.1 Å². The molecule has 3 aromatic rings. The lowest BCUT2D eigenvalue weighted by Gasteiger charge is -2.13. The summed E-state index contributed by atoms with van der Waals surface area (Å²) in [5.41, 5.74) is 12.0. The van der Waals surface area contributed by atoms with Gasteiger partial charge in [-0.15, -0.1) is 0 Å². The van der Waals surface area contributed by atoms with E-state index >= 15 is 0 Å². The third-order valence-electron chi connectivity index (χ3n) is 3.52. The van der Waals surface area contributed by atoms with Crippen LogP contribution in [-0.2, 0) is 0 Å². The summed E-state index contributed by atoms with van der Waals surface area (Å²) in [6, 6.07) is 12.1. The van der Waals surface area contributed by atoms with Gasteiger partial charge in [0.25, 0.3) is 0 Å². The van der Waals surface area contributed by atoms with Crippen LogP contribution in [0.4, 0.5) is 17.1 Å². The Bertz CT molecular complexity index is 804. The smallest absolute Gasteiger partial charge is 0.0951 e. The van der Waals surface area contributed by atoms with Gasteiger partial charge in [0.1, 0.15) is 0 Å². The first-order chi connectivity index (χ1) is 10.1. The minimum Gasteiger partial charge on any atom is -0.397 e. The zero-order valence-electron chi connectivity index (χ0n) is 11.9. The van der Waals surface area contributed by atoms with E-state index < -0.39 is 0 Å². The van der Waals surface area contributed by atoms with Crippen molar-refractivity contribution in [2.45, 2.75) is 13.8 Å². The number of rotatable bonds is 2. The van der Waals surface area contributed by atoms with Crippen molar-refractivity contribution in [3.8, 4) is 0 Å². The van der Waals surface area contributed by atoms with Crippen LogP contribution >= 0.6 is 15.9 Å². The summed E-state index contributed by atoms with van der Waals surface area (Å²) in [6.45, 7) is 4.18. The second-order valence-corrected chi connectivity index (χ2v) is 5.94. The molecule has 1 heterocycles. The van der Waals surface area contributed by atoms with Crippen molar-refractivity contribution in [2.24, 2.45) is 0 Å². The molecule has 2 aromatic carbocycles. The second kappa shape index (κ2) is 5.37. The number of nitrogens with zero attached hydrogens (tertiary/aromatic N) is 1. The molecule has 0 saturated carbocycles. The third kappa shape index (κ3) is 2.59. The monoisotopic (exact) mass is 341 g/mol. The van der Waals surface area contributed by atoms with Crippen molar-refractivity contribution in [1.29, 1.82) is 0 Å². The molecule has 0 unspecified atom stereocenters. The van der Waals surface area contributed by atoms with Crippen LogP contribution in [0.2, 0.25) is 0 Å². The Labute approximate surface area is 132 Å². The molecule has 0 radical (unpaired) electrons. The molecule has 0 aliphatic rings. The molecule has 106 valence electrons. The standard InChI is InChI=1S/C17H16BrN3/c1-10-8-12(9-11(2)16(10)18)21-15-6-7-20-17-13(15)4-3-5-14(17)19/h3-9H,19H2,1-2H3,(H,20,21). The fourth-order valence-corrected chi connectivity index (χ4v) is 2.71. The summed E-state index contributed by atoms with van der Waals surface area (Å²) in [6.07, 6.45) is 1.78. The first-order valence-electron chi connectivity index (χ1n) is 6.73. The number of halogens is 1. The Morgan fingerprint density at radius 1 is 1.10 bits per heavy atom. The van der Waals surface area contributed by atoms with Crippen molar-refractivity contribution in [3.63, 3.8) is 0 Å². The van der Waals surface area contributed by atoms with Crippen LogP contribution in [0.3, 0.4) is 0 Å². The average molecular weight is 342 g/mol. The predicted octanol–water partition coefficient (Wildman–Crippen LogP) is 4.94. The highest BCUT2D eigenvalue weighted by atomic mass is 79.9. The molecule has 4 heteroatoms. The molecule has 0 amide bonds. The van der Waals surface area contributed by atoms with Crippen LogP contribution in [0.25, 0.3) is 10.9 Å². The Morgan fingerprint density at radius 3 is 2.52 bits per heavy atom. The summed E-state index contributed by atoms with van der Waals surface area (Å²) < 4.78 is 1.15. The zero-order chi connectivity index (χ0) is 15.0. The molecule has 3 rings (SSSR count). The van der Waals surface area contributed by atoms with Crippen LogP contribution in [0, 0.1) is 13.8 Å². The number of aryl methyl sites for hydroxylation is 2. The number of pyridine rings is 1. The van der Waals surface area contributed by atoms with Gasteiger partial charge in [-0.25, -0.2) is 0 Å². The van der Waals surface area contributed by atoms with Gasteiger partial charge in [0.15, 0.2) is 0 Å². The summed E-state index contributed by atoms with van der Waals surface area (Å²) in [4.78, 5) is 4.36. The maximum atomic E-state index is 5.99. The van der Waals surface area contributed by atoms with E-state index in [4.69, 9.17) is 5.73 Å². The Hall–Kier alpha value is -2.07. The summed E-state index contributed by atoms with van der Waals surface area (Å²) in [7, 11) is 0. The van der Waals surface area contributed by atoms with Crippen LogP contribution in [0.5, 0.6) is 0 Å². The number of nitrogens with one attached hydrogen (secondary N) is 1. The van der Waals surface area contributed by atoms with E-state index in [9.17, 15) is 0 Å². The maximum Gasteiger partial charge on any atom is 0.0951 e. The highest BCUT2D eigenvalue weighted by Crippen LogP contribution is 2.30. The van der Waals surface area contributed by atoms with Crippen molar-refractivity contribution >= 4 is 43.9 Å². The molecule has 21 heavy (non-hydrogen) atoms. The molecule has 0 fully saturated rings. The van der Waals surface area contributed by atoms with Crippen LogP contribution in [0.1, 0.15) is 11.1 Å². The maximum absolute atomic E-state index is 5.99. The number of nitrogens with two attached hydrogens (primary N) is 1. The first kappa shape index (κ1) is 13.9. The van der Waals surface area contributed by atoms with Crippen molar-refractivity contribution < 1.29 is 0 Å². The first-order valence-corrected chi connectivity index (χ1v) is 7.52. The highest BCUT2D eigenvalue weighted by molar-refractivity contribution is 9.10. The van der Waals surface area contributed by atoms with Crippen LogP contribution < -0.4 is 11.1 Å². The molecule has 3 nitrogen and oxygen atoms in total. The van der Waals surface area contributed by atoms with E-state index in [1.54, 1.807) is 6.20 Å². The third-order valence-corrected chi connectivity index (χ3v) is 4.77. The Morgan fingerprint density at radius 2 is 1.81 bits per heavy atom. The fourth-order valence-electron chi connectivity index (χ4n) is 2.48. The van der Waals surface area contributed by atoms with Crippen molar-refractivity contribution in [3.05, 3.63) is 58.2 Å². The van der Waals surface area contributed by atoms with E-state index in [2.05, 4.69) is 52.2 Å². The molecule has 0 saturated heterocycles. The van der Waals surface area contributed by atoms with E-state index in [0.29, 0.717) is 5.69 Å². The largest absolute Gasteiger partial charge is 0.397 e.